The summed E-state index contributed by atoms with van der Waals surface area (Å²) in [5.41, 5.74) is 2.43. The van der Waals surface area contributed by atoms with Crippen molar-refractivity contribution < 1.29 is 4.39 Å². The Bertz CT molecular complexity index is 664. The number of rotatable bonds is 1. The Morgan fingerprint density at radius 1 is 1.35 bits per heavy atom. The van der Waals surface area contributed by atoms with Gasteiger partial charge in [0.25, 0.3) is 0 Å². The lowest BCUT2D eigenvalue weighted by Crippen LogP contribution is -2.43. The van der Waals surface area contributed by atoms with E-state index < -0.39 is 0 Å². The Hall–Kier alpha value is -1.68. The summed E-state index contributed by atoms with van der Waals surface area (Å²) in [7, 11) is 0. The van der Waals surface area contributed by atoms with Crippen molar-refractivity contribution in [2.45, 2.75) is 32.7 Å². The lowest BCUT2D eigenvalue weighted by Gasteiger charge is -2.37. The third-order valence-electron chi connectivity index (χ3n) is 4.01. The number of pyridine rings is 1. The third kappa shape index (κ3) is 2.24. The van der Waals surface area contributed by atoms with Gasteiger partial charge in [-0.3, -0.25) is 9.88 Å². The predicted octanol–water partition coefficient (Wildman–Crippen LogP) is 3.59. The topological polar surface area (TPSA) is 31.9 Å². The predicted molar refractivity (Wildman–Crippen MR) is 80.0 cm³/mol. The summed E-state index contributed by atoms with van der Waals surface area (Å²) in [6.07, 6.45) is 6.41. The highest BCUT2D eigenvalue weighted by atomic mass is 19.1. The van der Waals surface area contributed by atoms with E-state index in [2.05, 4.69) is 41.7 Å². The average molecular weight is 273 g/mol. The van der Waals surface area contributed by atoms with Crippen LogP contribution in [0.1, 0.15) is 32.9 Å². The Morgan fingerprint density at radius 3 is 2.80 bits per heavy atom. The van der Waals surface area contributed by atoms with Crippen LogP contribution in [0.25, 0.3) is 16.5 Å². The molecule has 20 heavy (non-hydrogen) atoms. The standard InChI is InChI=1S/C16H20FN3/c1-16(2,3)20-8-5-11(6-9-20)15-14(17)12-4-7-18-13(12)10-19-15/h4-5,7,10,18H,6,8-9H2,1-3H3. The molecule has 0 aliphatic carbocycles. The normalized spacial score (nSPS) is 17.5. The lowest BCUT2D eigenvalue weighted by atomic mass is 9.98. The summed E-state index contributed by atoms with van der Waals surface area (Å²) in [4.78, 5) is 9.68. The molecule has 0 amide bonds. The summed E-state index contributed by atoms with van der Waals surface area (Å²) in [5.74, 6) is -0.209. The van der Waals surface area contributed by atoms with Gasteiger partial charge >= 0.3 is 0 Å². The monoisotopic (exact) mass is 273 g/mol. The van der Waals surface area contributed by atoms with Crippen LogP contribution < -0.4 is 0 Å². The van der Waals surface area contributed by atoms with E-state index in [1.807, 2.05) is 0 Å². The first-order chi connectivity index (χ1) is 9.47. The van der Waals surface area contributed by atoms with Gasteiger partial charge in [0, 0.05) is 30.2 Å². The smallest absolute Gasteiger partial charge is 0.158 e. The van der Waals surface area contributed by atoms with E-state index >= 15 is 0 Å². The summed E-state index contributed by atoms with van der Waals surface area (Å²) < 4.78 is 14.5. The van der Waals surface area contributed by atoms with Gasteiger partial charge in [-0.05, 0) is 38.8 Å². The molecule has 0 atom stereocenters. The molecule has 0 spiro atoms. The molecular weight excluding hydrogens is 253 g/mol. The number of nitrogens with one attached hydrogen (secondary N) is 1. The highest BCUT2D eigenvalue weighted by molar-refractivity contribution is 5.83. The van der Waals surface area contributed by atoms with Crippen LogP contribution in [0, 0.1) is 5.82 Å². The van der Waals surface area contributed by atoms with Crippen molar-refractivity contribution in [3.63, 3.8) is 0 Å². The maximum absolute atomic E-state index is 14.5. The maximum atomic E-state index is 14.5. The number of aromatic nitrogens is 2. The minimum atomic E-state index is -0.209. The molecule has 2 aromatic heterocycles. The third-order valence-corrected chi connectivity index (χ3v) is 4.01. The zero-order chi connectivity index (χ0) is 14.3. The summed E-state index contributed by atoms with van der Waals surface area (Å²) >= 11 is 0. The molecule has 3 nitrogen and oxygen atoms in total. The van der Waals surface area contributed by atoms with Gasteiger partial charge < -0.3 is 4.98 Å². The molecule has 3 heterocycles. The zero-order valence-electron chi connectivity index (χ0n) is 12.2. The fourth-order valence-corrected chi connectivity index (χ4v) is 2.71. The molecule has 0 aromatic carbocycles. The number of nitrogens with zero attached hydrogens (tertiary/aromatic N) is 2. The van der Waals surface area contributed by atoms with E-state index in [-0.39, 0.29) is 11.4 Å². The molecule has 1 N–H and O–H groups in total. The van der Waals surface area contributed by atoms with E-state index in [0.29, 0.717) is 11.1 Å². The van der Waals surface area contributed by atoms with Gasteiger partial charge in [0.15, 0.2) is 5.82 Å². The molecule has 1 aliphatic heterocycles. The van der Waals surface area contributed by atoms with E-state index in [9.17, 15) is 4.39 Å². The Labute approximate surface area is 118 Å². The van der Waals surface area contributed by atoms with Crippen LogP contribution in [-0.4, -0.2) is 33.5 Å². The number of aromatic amines is 1. The molecule has 106 valence electrons. The van der Waals surface area contributed by atoms with Crippen LogP contribution in [0.3, 0.4) is 0 Å². The van der Waals surface area contributed by atoms with E-state index in [1.54, 1.807) is 18.5 Å². The molecule has 0 fully saturated rings. The van der Waals surface area contributed by atoms with Crippen molar-refractivity contribution in [2.24, 2.45) is 0 Å². The van der Waals surface area contributed by atoms with Gasteiger partial charge in [0.2, 0.25) is 0 Å². The number of hydrogen-bond donors (Lipinski definition) is 1. The molecule has 2 aromatic rings. The van der Waals surface area contributed by atoms with Crippen LogP contribution in [0.5, 0.6) is 0 Å². The largest absolute Gasteiger partial charge is 0.360 e. The van der Waals surface area contributed by atoms with Crippen LogP contribution in [0.15, 0.2) is 24.5 Å². The first kappa shape index (κ1) is 13.3. The van der Waals surface area contributed by atoms with Crippen molar-refractivity contribution in [3.05, 3.63) is 36.0 Å². The fraction of sp³-hybridized carbons (Fsp3) is 0.438. The van der Waals surface area contributed by atoms with Crippen LogP contribution >= 0.6 is 0 Å². The molecule has 0 bridgehead atoms. The molecule has 1 aliphatic rings. The highest BCUT2D eigenvalue weighted by Crippen LogP contribution is 2.29. The molecule has 3 rings (SSSR count). The molecular formula is C16H20FN3. The van der Waals surface area contributed by atoms with Gasteiger partial charge in [-0.2, -0.15) is 0 Å². The Balaban J connectivity index is 1.93. The van der Waals surface area contributed by atoms with Gasteiger partial charge in [-0.1, -0.05) is 6.08 Å². The van der Waals surface area contributed by atoms with E-state index in [0.717, 1.165) is 30.6 Å². The second-order valence-corrected chi connectivity index (χ2v) is 6.32. The Kier molecular flexibility index (Phi) is 3.13. The van der Waals surface area contributed by atoms with Gasteiger partial charge in [0.1, 0.15) is 5.69 Å². The number of H-pyrrole nitrogens is 1. The molecule has 0 unspecified atom stereocenters. The SMILES string of the molecule is CC(C)(C)N1CC=C(c2ncc3[nH]ccc3c2F)CC1. The number of halogens is 1. The quantitative estimate of drug-likeness (QED) is 0.861. The van der Waals surface area contributed by atoms with Crippen molar-refractivity contribution in [3.8, 4) is 0 Å². The molecule has 0 saturated carbocycles. The fourth-order valence-electron chi connectivity index (χ4n) is 2.71. The van der Waals surface area contributed by atoms with Crippen molar-refractivity contribution in [1.82, 2.24) is 14.9 Å². The minimum absolute atomic E-state index is 0.151. The van der Waals surface area contributed by atoms with Crippen LogP contribution in [0.2, 0.25) is 0 Å². The molecule has 0 saturated heterocycles. The highest BCUT2D eigenvalue weighted by Gasteiger charge is 2.25. The summed E-state index contributed by atoms with van der Waals surface area (Å²) in [6.45, 7) is 8.41. The summed E-state index contributed by atoms with van der Waals surface area (Å²) in [5, 5.41) is 0.620. The van der Waals surface area contributed by atoms with Gasteiger partial charge in [0.05, 0.1) is 11.7 Å². The Morgan fingerprint density at radius 2 is 2.15 bits per heavy atom. The summed E-state index contributed by atoms with van der Waals surface area (Å²) in [6, 6.07) is 1.76. The van der Waals surface area contributed by atoms with Gasteiger partial charge in [-0.15, -0.1) is 0 Å². The molecule has 0 radical (unpaired) electrons. The lowest BCUT2D eigenvalue weighted by molar-refractivity contribution is 0.153. The van der Waals surface area contributed by atoms with Crippen molar-refractivity contribution in [2.75, 3.05) is 13.1 Å². The number of hydrogen-bond acceptors (Lipinski definition) is 2. The maximum Gasteiger partial charge on any atom is 0.158 e. The van der Waals surface area contributed by atoms with Crippen molar-refractivity contribution >= 4 is 16.5 Å². The first-order valence-corrected chi connectivity index (χ1v) is 7.03. The zero-order valence-corrected chi connectivity index (χ0v) is 12.2. The van der Waals surface area contributed by atoms with E-state index in [1.165, 1.54) is 0 Å². The average Bonchev–Trinajstić information content (AvgIpc) is 2.88. The van der Waals surface area contributed by atoms with Gasteiger partial charge in [-0.25, -0.2) is 4.39 Å². The van der Waals surface area contributed by atoms with Crippen LogP contribution in [-0.2, 0) is 0 Å². The van der Waals surface area contributed by atoms with Crippen LogP contribution in [0.4, 0.5) is 4.39 Å². The number of fused-ring (bicyclic) bond motifs is 1. The minimum Gasteiger partial charge on any atom is -0.360 e. The van der Waals surface area contributed by atoms with Crippen molar-refractivity contribution in [1.29, 1.82) is 0 Å². The second kappa shape index (κ2) is 4.70. The van der Waals surface area contributed by atoms with E-state index in [4.69, 9.17) is 0 Å². The first-order valence-electron chi connectivity index (χ1n) is 7.03. The second-order valence-electron chi connectivity index (χ2n) is 6.32. The molecule has 4 heteroatoms.